The molecular formula is C18H29N3O3S. The minimum Gasteiger partial charge on any atom is -0.325 e. The first-order valence-electron chi connectivity index (χ1n) is 9.05. The number of anilines is 1. The van der Waals surface area contributed by atoms with Crippen molar-refractivity contribution < 1.29 is 13.2 Å². The van der Waals surface area contributed by atoms with Gasteiger partial charge in [0.1, 0.15) is 0 Å². The highest BCUT2D eigenvalue weighted by atomic mass is 32.2. The fourth-order valence-corrected chi connectivity index (χ4v) is 4.16. The largest absolute Gasteiger partial charge is 0.325 e. The van der Waals surface area contributed by atoms with E-state index in [-0.39, 0.29) is 16.8 Å². The van der Waals surface area contributed by atoms with Gasteiger partial charge < -0.3 is 5.32 Å². The van der Waals surface area contributed by atoms with Gasteiger partial charge in [0, 0.05) is 11.7 Å². The van der Waals surface area contributed by atoms with Crippen LogP contribution in [0.4, 0.5) is 5.69 Å². The second kappa shape index (κ2) is 9.31. The molecule has 1 amide bonds. The molecule has 0 aliphatic carbocycles. The highest BCUT2D eigenvalue weighted by Gasteiger charge is 2.17. The molecule has 1 aliphatic heterocycles. The molecule has 1 aliphatic rings. The number of benzene rings is 1. The molecule has 0 aromatic heterocycles. The topological polar surface area (TPSA) is 78.5 Å². The van der Waals surface area contributed by atoms with Crippen LogP contribution in [0.3, 0.4) is 0 Å². The molecule has 0 bridgehead atoms. The Bertz CT molecular complexity index is 651. The Morgan fingerprint density at radius 3 is 2.28 bits per heavy atom. The van der Waals surface area contributed by atoms with Crippen molar-refractivity contribution in [1.29, 1.82) is 0 Å². The number of hydrogen-bond donors (Lipinski definition) is 2. The fourth-order valence-electron chi connectivity index (χ4n) is 2.83. The minimum absolute atomic E-state index is 0.0600. The summed E-state index contributed by atoms with van der Waals surface area (Å²) < 4.78 is 27.1. The van der Waals surface area contributed by atoms with E-state index < -0.39 is 10.0 Å². The van der Waals surface area contributed by atoms with E-state index in [4.69, 9.17) is 0 Å². The van der Waals surface area contributed by atoms with Crippen molar-refractivity contribution in [1.82, 2.24) is 9.62 Å². The third-order valence-electron chi connectivity index (χ3n) is 4.48. The van der Waals surface area contributed by atoms with Gasteiger partial charge in [0.2, 0.25) is 15.9 Å². The number of hydrogen-bond acceptors (Lipinski definition) is 4. The average Bonchev–Trinajstić information content (AvgIpc) is 2.83. The van der Waals surface area contributed by atoms with Crippen LogP contribution in [0.5, 0.6) is 0 Å². The lowest BCUT2D eigenvalue weighted by molar-refractivity contribution is -0.117. The average molecular weight is 368 g/mol. The van der Waals surface area contributed by atoms with Crippen molar-refractivity contribution in [3.05, 3.63) is 24.3 Å². The monoisotopic (exact) mass is 367 g/mol. The van der Waals surface area contributed by atoms with Crippen LogP contribution in [0.25, 0.3) is 0 Å². The second-order valence-electron chi connectivity index (χ2n) is 6.69. The maximum atomic E-state index is 12.2. The summed E-state index contributed by atoms with van der Waals surface area (Å²) >= 11 is 0. The number of carbonyl (C=O) groups is 1. The molecule has 140 valence electrons. The van der Waals surface area contributed by atoms with E-state index in [0.29, 0.717) is 12.2 Å². The first-order valence-corrected chi connectivity index (χ1v) is 10.5. The van der Waals surface area contributed by atoms with Crippen molar-refractivity contribution in [3.8, 4) is 0 Å². The van der Waals surface area contributed by atoms with Crippen molar-refractivity contribution in [2.45, 2.75) is 56.9 Å². The maximum absolute atomic E-state index is 12.2. The molecule has 6 nitrogen and oxygen atoms in total. The fraction of sp³-hybridized carbons (Fsp3) is 0.611. The summed E-state index contributed by atoms with van der Waals surface area (Å²) in [5.41, 5.74) is 0.613. The molecule has 0 unspecified atom stereocenters. The molecule has 1 aromatic carbocycles. The van der Waals surface area contributed by atoms with Gasteiger partial charge in [-0.05, 0) is 63.5 Å². The van der Waals surface area contributed by atoms with Gasteiger partial charge in [0.25, 0.3) is 0 Å². The van der Waals surface area contributed by atoms with E-state index in [1.165, 1.54) is 25.0 Å². The molecule has 0 spiro atoms. The van der Waals surface area contributed by atoms with Gasteiger partial charge in [0.15, 0.2) is 0 Å². The van der Waals surface area contributed by atoms with Gasteiger partial charge in [-0.1, -0.05) is 19.8 Å². The highest BCUT2D eigenvalue weighted by molar-refractivity contribution is 7.89. The second-order valence-corrected chi connectivity index (χ2v) is 8.41. The summed E-state index contributed by atoms with van der Waals surface area (Å²) in [7, 11) is -3.51. The van der Waals surface area contributed by atoms with E-state index >= 15 is 0 Å². The number of sulfonamides is 1. The van der Waals surface area contributed by atoms with E-state index in [9.17, 15) is 13.2 Å². The van der Waals surface area contributed by atoms with Crippen LogP contribution in [-0.2, 0) is 14.8 Å². The van der Waals surface area contributed by atoms with Crippen LogP contribution < -0.4 is 10.0 Å². The molecule has 25 heavy (non-hydrogen) atoms. The first kappa shape index (κ1) is 19.9. The van der Waals surface area contributed by atoms with Crippen LogP contribution in [-0.4, -0.2) is 44.9 Å². The van der Waals surface area contributed by atoms with Gasteiger partial charge in [-0.2, -0.15) is 0 Å². The zero-order valence-electron chi connectivity index (χ0n) is 15.1. The summed E-state index contributed by atoms with van der Waals surface area (Å²) in [6.07, 6.45) is 5.48. The number of nitrogens with zero attached hydrogens (tertiary/aromatic N) is 1. The molecule has 1 saturated heterocycles. The normalized spacial score (nSPS) is 17.7. The van der Waals surface area contributed by atoms with Crippen LogP contribution in [0.1, 0.15) is 46.0 Å². The Morgan fingerprint density at radius 2 is 1.72 bits per heavy atom. The lowest BCUT2D eigenvalue weighted by atomic mass is 10.2. The number of carbonyl (C=O) groups excluding carboxylic acids is 1. The molecule has 1 atom stereocenters. The Labute approximate surface area is 151 Å². The number of nitrogens with one attached hydrogen (secondary N) is 2. The third kappa shape index (κ3) is 6.41. The summed E-state index contributed by atoms with van der Waals surface area (Å²) in [5.74, 6) is -0.0600. The van der Waals surface area contributed by atoms with Crippen LogP contribution >= 0.6 is 0 Å². The predicted octanol–water partition coefficient (Wildman–Crippen LogP) is 2.58. The lowest BCUT2D eigenvalue weighted by Gasteiger charge is -2.19. The van der Waals surface area contributed by atoms with Gasteiger partial charge in [-0.25, -0.2) is 13.1 Å². The Balaban J connectivity index is 1.92. The zero-order valence-corrected chi connectivity index (χ0v) is 15.9. The minimum atomic E-state index is -3.51. The molecule has 1 fully saturated rings. The highest BCUT2D eigenvalue weighted by Crippen LogP contribution is 2.15. The summed E-state index contributed by atoms with van der Waals surface area (Å²) in [4.78, 5) is 14.6. The summed E-state index contributed by atoms with van der Waals surface area (Å²) in [5, 5.41) is 2.84. The molecule has 0 radical (unpaired) electrons. The van der Waals surface area contributed by atoms with Crippen molar-refractivity contribution in [2.24, 2.45) is 0 Å². The Morgan fingerprint density at radius 1 is 1.12 bits per heavy atom. The lowest BCUT2D eigenvalue weighted by Crippen LogP contribution is -2.34. The predicted molar refractivity (Wildman–Crippen MR) is 100 cm³/mol. The van der Waals surface area contributed by atoms with Crippen LogP contribution in [0.15, 0.2) is 29.2 Å². The SMILES string of the molecule is CC[C@@H](C)NS(=O)(=O)c1ccc(NC(=O)CN2CCCCCC2)cc1. The number of likely N-dealkylation sites (tertiary alicyclic amines) is 1. The van der Waals surface area contributed by atoms with E-state index in [1.807, 2.05) is 13.8 Å². The van der Waals surface area contributed by atoms with Crippen molar-refractivity contribution >= 4 is 21.6 Å². The van der Waals surface area contributed by atoms with E-state index in [1.54, 1.807) is 12.1 Å². The number of amides is 1. The molecule has 2 N–H and O–H groups in total. The quantitative estimate of drug-likeness (QED) is 0.776. The zero-order chi connectivity index (χ0) is 18.3. The smallest absolute Gasteiger partial charge is 0.240 e. The molecular weight excluding hydrogens is 338 g/mol. The van der Waals surface area contributed by atoms with E-state index in [0.717, 1.165) is 32.4 Å². The molecule has 1 aromatic rings. The number of rotatable bonds is 7. The van der Waals surface area contributed by atoms with Gasteiger partial charge >= 0.3 is 0 Å². The van der Waals surface area contributed by atoms with E-state index in [2.05, 4.69) is 14.9 Å². The van der Waals surface area contributed by atoms with Gasteiger partial charge in [0.05, 0.1) is 11.4 Å². The van der Waals surface area contributed by atoms with Crippen molar-refractivity contribution in [3.63, 3.8) is 0 Å². The first-order chi connectivity index (χ1) is 11.9. The molecule has 2 rings (SSSR count). The Hall–Kier alpha value is -1.44. The van der Waals surface area contributed by atoms with Crippen LogP contribution in [0.2, 0.25) is 0 Å². The molecule has 7 heteroatoms. The van der Waals surface area contributed by atoms with Crippen LogP contribution in [0, 0.1) is 0 Å². The summed E-state index contributed by atoms with van der Waals surface area (Å²) in [6, 6.07) is 6.19. The van der Waals surface area contributed by atoms with Crippen molar-refractivity contribution in [2.75, 3.05) is 25.0 Å². The molecule has 1 heterocycles. The van der Waals surface area contributed by atoms with Gasteiger partial charge in [-0.15, -0.1) is 0 Å². The Kier molecular flexibility index (Phi) is 7.40. The molecule has 0 saturated carbocycles. The standard InChI is InChI=1S/C18H29N3O3S/c1-3-15(2)20-25(23,24)17-10-8-16(9-11-17)19-18(22)14-21-12-6-4-5-7-13-21/h8-11,15,20H,3-7,12-14H2,1-2H3,(H,19,22)/t15-/m1/s1. The third-order valence-corrected chi connectivity index (χ3v) is 6.09. The van der Waals surface area contributed by atoms with Gasteiger partial charge in [-0.3, -0.25) is 9.69 Å². The summed E-state index contributed by atoms with van der Waals surface area (Å²) in [6.45, 7) is 6.07. The maximum Gasteiger partial charge on any atom is 0.240 e.